The van der Waals surface area contributed by atoms with Gasteiger partial charge in [0.25, 0.3) is 0 Å². The summed E-state index contributed by atoms with van der Waals surface area (Å²) >= 11 is 0. The fourth-order valence-electron chi connectivity index (χ4n) is 4.95. The smallest absolute Gasteiger partial charge is 0.334 e. The van der Waals surface area contributed by atoms with Crippen molar-refractivity contribution in [1.29, 1.82) is 0 Å². The van der Waals surface area contributed by atoms with Crippen LogP contribution in [0.4, 0.5) is 5.82 Å². The van der Waals surface area contributed by atoms with Crippen LogP contribution >= 0.6 is 0 Å². The van der Waals surface area contributed by atoms with E-state index < -0.39 is 5.97 Å². The molecular weight excluding hydrogens is 456 g/mol. The Morgan fingerprint density at radius 3 is 2.56 bits per heavy atom. The van der Waals surface area contributed by atoms with Gasteiger partial charge < -0.3 is 10.1 Å². The van der Waals surface area contributed by atoms with Crippen LogP contribution < -0.4 is 10.2 Å². The SMILES string of the molecule is CCN1C(=O)C[C@@H](c2cccc(CNC(=O)C3=C(C(=O)OC)CC3)c2)c2cnn(-c3ccccc3)c21. The number of amides is 2. The van der Waals surface area contributed by atoms with Crippen LogP contribution in [0.15, 0.2) is 71.9 Å². The molecule has 0 radical (unpaired) electrons. The molecule has 2 amide bonds. The van der Waals surface area contributed by atoms with Gasteiger partial charge in [0.05, 0.1) is 19.0 Å². The van der Waals surface area contributed by atoms with Gasteiger partial charge in [-0.2, -0.15) is 5.10 Å². The summed E-state index contributed by atoms with van der Waals surface area (Å²) in [6.45, 7) is 2.85. The van der Waals surface area contributed by atoms with Crippen LogP contribution in [0.2, 0.25) is 0 Å². The van der Waals surface area contributed by atoms with Crippen LogP contribution in [0, 0.1) is 0 Å². The van der Waals surface area contributed by atoms with Crippen LogP contribution in [0.1, 0.15) is 48.8 Å². The van der Waals surface area contributed by atoms with Crippen LogP contribution in [0.5, 0.6) is 0 Å². The maximum atomic E-state index is 13.2. The molecule has 1 aromatic heterocycles. The summed E-state index contributed by atoms with van der Waals surface area (Å²) in [5, 5.41) is 7.56. The van der Waals surface area contributed by atoms with Gasteiger partial charge in [-0.1, -0.05) is 42.5 Å². The second kappa shape index (κ2) is 9.81. The zero-order valence-electron chi connectivity index (χ0n) is 20.4. The second-order valence-corrected chi connectivity index (χ2v) is 8.94. The monoisotopic (exact) mass is 484 g/mol. The molecule has 2 aliphatic rings. The molecule has 0 unspecified atom stereocenters. The minimum Gasteiger partial charge on any atom is -0.466 e. The van der Waals surface area contributed by atoms with Crippen LogP contribution in [0.3, 0.4) is 0 Å². The van der Waals surface area contributed by atoms with E-state index in [-0.39, 0.29) is 17.7 Å². The summed E-state index contributed by atoms with van der Waals surface area (Å²) in [5.74, 6) is 0.0338. The number of ether oxygens (including phenoxy) is 1. The van der Waals surface area contributed by atoms with Gasteiger partial charge in [0.15, 0.2) is 0 Å². The first-order valence-electron chi connectivity index (χ1n) is 12.1. The van der Waals surface area contributed by atoms with Gasteiger partial charge in [0, 0.05) is 42.1 Å². The first-order valence-corrected chi connectivity index (χ1v) is 12.1. The third-order valence-electron chi connectivity index (χ3n) is 6.90. The maximum Gasteiger partial charge on any atom is 0.334 e. The number of methoxy groups -OCH3 is 1. The van der Waals surface area contributed by atoms with E-state index in [2.05, 4.69) is 10.4 Å². The highest BCUT2D eigenvalue weighted by Gasteiger charge is 2.35. The van der Waals surface area contributed by atoms with E-state index in [1.807, 2.05) is 72.4 Å². The molecule has 184 valence electrons. The number of carbonyl (C=O) groups is 3. The van der Waals surface area contributed by atoms with Crippen LogP contribution in [-0.4, -0.2) is 41.2 Å². The largest absolute Gasteiger partial charge is 0.466 e. The Labute approximate surface area is 209 Å². The van der Waals surface area contributed by atoms with Crippen LogP contribution in [0.25, 0.3) is 5.69 Å². The molecule has 2 aromatic carbocycles. The van der Waals surface area contributed by atoms with Gasteiger partial charge >= 0.3 is 5.97 Å². The molecule has 2 heterocycles. The summed E-state index contributed by atoms with van der Waals surface area (Å²) in [6.07, 6.45) is 3.34. The van der Waals surface area contributed by atoms with Gasteiger partial charge in [-0.05, 0) is 43.0 Å². The molecule has 8 nitrogen and oxygen atoms in total. The van der Waals surface area contributed by atoms with E-state index in [0.717, 1.165) is 28.2 Å². The van der Waals surface area contributed by atoms with Crippen molar-refractivity contribution in [3.8, 4) is 5.69 Å². The van der Waals surface area contributed by atoms with Crippen molar-refractivity contribution in [3.63, 3.8) is 0 Å². The average molecular weight is 485 g/mol. The molecule has 0 bridgehead atoms. The summed E-state index contributed by atoms with van der Waals surface area (Å²) in [4.78, 5) is 39.3. The molecule has 1 aliphatic carbocycles. The number of hydrogen-bond donors (Lipinski definition) is 1. The van der Waals surface area contributed by atoms with E-state index in [4.69, 9.17) is 4.74 Å². The fourth-order valence-corrected chi connectivity index (χ4v) is 4.95. The third kappa shape index (κ3) is 4.19. The number of fused-ring (bicyclic) bond motifs is 1. The van der Waals surface area contributed by atoms with E-state index in [1.54, 1.807) is 4.90 Å². The van der Waals surface area contributed by atoms with Gasteiger partial charge in [-0.3, -0.25) is 14.5 Å². The lowest BCUT2D eigenvalue weighted by Crippen LogP contribution is -2.37. The van der Waals surface area contributed by atoms with E-state index in [0.29, 0.717) is 43.5 Å². The minimum atomic E-state index is -0.441. The summed E-state index contributed by atoms with van der Waals surface area (Å²) in [7, 11) is 1.32. The van der Waals surface area contributed by atoms with E-state index >= 15 is 0 Å². The second-order valence-electron chi connectivity index (χ2n) is 8.94. The molecule has 1 N–H and O–H groups in total. The number of nitrogens with one attached hydrogen (secondary N) is 1. The number of rotatable bonds is 7. The lowest BCUT2D eigenvalue weighted by Gasteiger charge is -2.32. The van der Waals surface area contributed by atoms with Gasteiger partial charge in [-0.25, -0.2) is 9.48 Å². The highest BCUT2D eigenvalue weighted by atomic mass is 16.5. The third-order valence-corrected chi connectivity index (χ3v) is 6.90. The van der Waals surface area contributed by atoms with Crippen molar-refractivity contribution in [3.05, 3.63) is 88.6 Å². The molecular formula is C28H28N4O4. The number of esters is 1. The Morgan fingerprint density at radius 1 is 1.08 bits per heavy atom. The average Bonchev–Trinajstić information content (AvgIpc) is 3.32. The molecule has 0 saturated carbocycles. The number of carbonyl (C=O) groups excluding carboxylic acids is 3. The Bertz CT molecular complexity index is 1360. The molecule has 0 spiro atoms. The molecule has 3 aromatic rings. The van der Waals surface area contributed by atoms with Crippen molar-refractivity contribution in [2.45, 2.75) is 38.6 Å². The van der Waals surface area contributed by atoms with Crippen molar-refractivity contribution >= 4 is 23.6 Å². The molecule has 1 atom stereocenters. The quantitative estimate of drug-likeness (QED) is 0.517. The zero-order valence-corrected chi connectivity index (χ0v) is 20.4. The standard InChI is InChI=1S/C28H28N4O4/c1-3-31-25(33)15-23(24-17-30-32(27(24)31)20-10-5-4-6-11-20)19-9-7-8-18(14-19)16-29-26(34)21-12-13-22(21)28(35)36-2/h4-11,14,17,23H,3,12-13,15-16H2,1-2H3,(H,29,34)/t23-/m0/s1. The molecule has 0 fully saturated rings. The molecule has 1 aliphatic heterocycles. The van der Waals surface area contributed by atoms with Crippen molar-refractivity contribution < 1.29 is 19.1 Å². The number of benzene rings is 2. The number of para-hydroxylation sites is 1. The predicted molar refractivity (Wildman–Crippen MR) is 135 cm³/mol. The van der Waals surface area contributed by atoms with Crippen LogP contribution in [-0.2, 0) is 25.7 Å². The lowest BCUT2D eigenvalue weighted by molar-refractivity contribution is -0.137. The number of anilines is 1. The normalized spacial score (nSPS) is 16.9. The lowest BCUT2D eigenvalue weighted by atomic mass is 9.85. The first-order chi connectivity index (χ1) is 17.5. The molecule has 0 saturated heterocycles. The minimum absolute atomic E-state index is 0.0543. The van der Waals surface area contributed by atoms with Gasteiger partial charge in [0.2, 0.25) is 11.8 Å². The first kappa shape index (κ1) is 23.5. The summed E-state index contributed by atoms with van der Waals surface area (Å²) in [5.41, 5.74) is 4.77. The fraction of sp³-hybridized carbons (Fsp3) is 0.286. The summed E-state index contributed by atoms with van der Waals surface area (Å²) < 4.78 is 6.58. The highest BCUT2D eigenvalue weighted by Crippen LogP contribution is 2.41. The number of hydrogen-bond acceptors (Lipinski definition) is 5. The van der Waals surface area contributed by atoms with Crippen molar-refractivity contribution in [2.24, 2.45) is 0 Å². The van der Waals surface area contributed by atoms with Crippen molar-refractivity contribution in [1.82, 2.24) is 15.1 Å². The Hall–Kier alpha value is -4.20. The molecule has 5 rings (SSSR count). The van der Waals surface area contributed by atoms with Gasteiger partial charge in [-0.15, -0.1) is 0 Å². The Kier molecular flexibility index (Phi) is 6.41. The zero-order chi connectivity index (χ0) is 25.2. The maximum absolute atomic E-state index is 13.2. The molecule has 36 heavy (non-hydrogen) atoms. The van der Waals surface area contributed by atoms with E-state index in [1.165, 1.54) is 7.11 Å². The van der Waals surface area contributed by atoms with Gasteiger partial charge in [0.1, 0.15) is 5.82 Å². The topological polar surface area (TPSA) is 93.5 Å². The molecule has 8 heteroatoms. The van der Waals surface area contributed by atoms with Crippen molar-refractivity contribution in [2.75, 3.05) is 18.6 Å². The Balaban J connectivity index is 1.40. The predicted octanol–water partition coefficient (Wildman–Crippen LogP) is 3.64. The Morgan fingerprint density at radius 2 is 1.86 bits per heavy atom. The van der Waals surface area contributed by atoms with E-state index in [9.17, 15) is 14.4 Å². The number of aromatic nitrogens is 2. The summed E-state index contributed by atoms with van der Waals surface area (Å²) in [6, 6.07) is 17.7. The highest BCUT2D eigenvalue weighted by molar-refractivity contribution is 6.05. The number of nitrogens with zero attached hydrogens (tertiary/aromatic N) is 3.